The highest BCUT2D eigenvalue weighted by atomic mass is 15.2. The van der Waals surface area contributed by atoms with Gasteiger partial charge in [0.1, 0.15) is 0 Å². The highest BCUT2D eigenvalue weighted by Gasteiger charge is 2.38. The molecule has 0 amide bonds. The van der Waals surface area contributed by atoms with E-state index in [1.807, 2.05) is 0 Å². The van der Waals surface area contributed by atoms with Gasteiger partial charge < -0.3 is 10.2 Å². The van der Waals surface area contributed by atoms with E-state index in [0.717, 1.165) is 11.8 Å². The van der Waals surface area contributed by atoms with Crippen LogP contribution in [0.3, 0.4) is 0 Å². The first kappa shape index (κ1) is 14.1. The zero-order chi connectivity index (χ0) is 14.3. The Labute approximate surface area is 123 Å². The fraction of sp³-hybridized carbons (Fsp3) is 0.667. The van der Waals surface area contributed by atoms with E-state index in [2.05, 4.69) is 62.4 Å². The largest absolute Gasteiger partial charge is 0.312 e. The lowest BCUT2D eigenvalue weighted by Crippen LogP contribution is -2.46. The summed E-state index contributed by atoms with van der Waals surface area (Å²) in [5.74, 6) is 2.55. The Balaban J connectivity index is 1.81. The number of fused-ring (bicyclic) bond motifs is 1. The zero-order valence-electron chi connectivity index (χ0n) is 13.3. The fourth-order valence-electron chi connectivity index (χ4n) is 4.02. The molecule has 1 saturated carbocycles. The predicted octanol–water partition coefficient (Wildman–Crippen LogP) is 3.41. The molecule has 110 valence electrons. The summed E-state index contributed by atoms with van der Waals surface area (Å²) in [7, 11) is 4.43. The number of hydrogen-bond donors (Lipinski definition) is 1. The Morgan fingerprint density at radius 1 is 1.15 bits per heavy atom. The maximum atomic E-state index is 3.57. The maximum Gasteiger partial charge on any atom is 0.0478 e. The molecule has 0 heterocycles. The molecule has 5 atom stereocenters. The number of nitrogens with zero attached hydrogens (tertiary/aromatic N) is 1. The number of nitrogens with one attached hydrogen (secondary N) is 1. The molecule has 2 heteroatoms. The van der Waals surface area contributed by atoms with Crippen molar-refractivity contribution in [3.8, 4) is 0 Å². The van der Waals surface area contributed by atoms with Crippen molar-refractivity contribution in [2.45, 2.75) is 44.7 Å². The van der Waals surface area contributed by atoms with Crippen LogP contribution in [0.15, 0.2) is 24.3 Å². The number of rotatable bonds is 4. The molecule has 1 fully saturated rings. The van der Waals surface area contributed by atoms with Crippen LogP contribution >= 0.6 is 0 Å². The third-order valence-corrected chi connectivity index (χ3v) is 5.52. The third-order valence-electron chi connectivity index (χ3n) is 5.52. The minimum atomic E-state index is 0.474. The van der Waals surface area contributed by atoms with Crippen molar-refractivity contribution >= 4 is 0 Å². The number of likely N-dealkylation sites (N-methyl/N-ethyl adjacent to an activating group) is 2. The van der Waals surface area contributed by atoms with Gasteiger partial charge in [-0.2, -0.15) is 0 Å². The molecule has 20 heavy (non-hydrogen) atoms. The summed E-state index contributed by atoms with van der Waals surface area (Å²) in [5, 5.41) is 3.57. The minimum absolute atomic E-state index is 0.474. The lowest BCUT2D eigenvalue weighted by atomic mass is 9.77. The first-order valence-corrected chi connectivity index (χ1v) is 8.08. The highest BCUT2D eigenvalue weighted by molar-refractivity contribution is 5.36. The van der Waals surface area contributed by atoms with Crippen LogP contribution in [-0.2, 0) is 0 Å². The van der Waals surface area contributed by atoms with Gasteiger partial charge in [-0.05, 0) is 55.8 Å². The lowest BCUT2D eigenvalue weighted by Gasteiger charge is -2.42. The van der Waals surface area contributed by atoms with Crippen LogP contribution in [0.2, 0.25) is 0 Å². The molecule has 2 aliphatic rings. The Bertz CT molecular complexity index is 470. The summed E-state index contributed by atoms with van der Waals surface area (Å²) < 4.78 is 0. The molecule has 0 aliphatic heterocycles. The SMILES string of the molecule is CNC1c2ccccc2C(C)CC1N(C)CC1CC1C. The van der Waals surface area contributed by atoms with Gasteiger partial charge in [0.25, 0.3) is 0 Å². The summed E-state index contributed by atoms with van der Waals surface area (Å²) in [6.07, 6.45) is 2.69. The molecule has 0 bridgehead atoms. The van der Waals surface area contributed by atoms with Crippen molar-refractivity contribution in [1.29, 1.82) is 0 Å². The van der Waals surface area contributed by atoms with E-state index in [9.17, 15) is 0 Å². The van der Waals surface area contributed by atoms with Gasteiger partial charge in [0.2, 0.25) is 0 Å². The van der Waals surface area contributed by atoms with Crippen molar-refractivity contribution in [1.82, 2.24) is 10.2 Å². The third kappa shape index (κ3) is 2.51. The fourth-order valence-corrected chi connectivity index (χ4v) is 4.02. The Morgan fingerprint density at radius 2 is 1.80 bits per heavy atom. The monoisotopic (exact) mass is 272 g/mol. The van der Waals surface area contributed by atoms with Gasteiger partial charge in [-0.25, -0.2) is 0 Å². The van der Waals surface area contributed by atoms with Crippen LogP contribution in [0, 0.1) is 11.8 Å². The van der Waals surface area contributed by atoms with Crippen LogP contribution in [0.4, 0.5) is 0 Å². The molecule has 3 rings (SSSR count). The van der Waals surface area contributed by atoms with Crippen molar-refractivity contribution in [3.05, 3.63) is 35.4 Å². The molecular weight excluding hydrogens is 244 g/mol. The van der Waals surface area contributed by atoms with Crippen molar-refractivity contribution in [3.63, 3.8) is 0 Å². The van der Waals surface area contributed by atoms with E-state index in [1.165, 1.54) is 30.5 Å². The molecule has 2 aliphatic carbocycles. The second-order valence-electron chi connectivity index (χ2n) is 7.01. The maximum absolute atomic E-state index is 3.57. The standard InChI is InChI=1S/C18H28N2/c1-12-9-14(12)11-20(4)17-10-13(2)15-7-5-6-8-16(15)18(17)19-3/h5-8,12-14,17-19H,9-11H2,1-4H3. The molecule has 0 radical (unpaired) electrons. The smallest absolute Gasteiger partial charge is 0.0478 e. The molecular formula is C18H28N2. The lowest BCUT2D eigenvalue weighted by molar-refractivity contribution is 0.160. The van der Waals surface area contributed by atoms with Gasteiger partial charge in [-0.15, -0.1) is 0 Å². The van der Waals surface area contributed by atoms with Crippen molar-refractivity contribution < 1.29 is 0 Å². The van der Waals surface area contributed by atoms with Crippen LogP contribution < -0.4 is 5.32 Å². The van der Waals surface area contributed by atoms with E-state index < -0.39 is 0 Å². The van der Waals surface area contributed by atoms with Crippen molar-refractivity contribution in [2.75, 3.05) is 20.6 Å². The predicted molar refractivity (Wildman–Crippen MR) is 85.0 cm³/mol. The van der Waals surface area contributed by atoms with Crippen LogP contribution in [0.25, 0.3) is 0 Å². The van der Waals surface area contributed by atoms with Gasteiger partial charge in [0.05, 0.1) is 0 Å². The van der Waals surface area contributed by atoms with Gasteiger partial charge in [0.15, 0.2) is 0 Å². The Hall–Kier alpha value is -0.860. The average molecular weight is 272 g/mol. The van der Waals surface area contributed by atoms with Gasteiger partial charge in [-0.1, -0.05) is 38.1 Å². The molecule has 0 spiro atoms. The van der Waals surface area contributed by atoms with E-state index in [0.29, 0.717) is 18.0 Å². The molecule has 5 unspecified atom stereocenters. The van der Waals surface area contributed by atoms with Crippen molar-refractivity contribution in [2.24, 2.45) is 11.8 Å². The summed E-state index contributed by atoms with van der Waals surface area (Å²) in [6.45, 7) is 6.02. The molecule has 1 N–H and O–H groups in total. The summed E-state index contributed by atoms with van der Waals surface area (Å²) in [6, 6.07) is 10.1. The summed E-state index contributed by atoms with van der Waals surface area (Å²) in [5.41, 5.74) is 3.05. The van der Waals surface area contributed by atoms with E-state index in [4.69, 9.17) is 0 Å². The first-order chi connectivity index (χ1) is 9.61. The quantitative estimate of drug-likeness (QED) is 0.903. The Morgan fingerprint density at radius 3 is 2.40 bits per heavy atom. The molecule has 1 aromatic carbocycles. The average Bonchev–Trinajstić information content (AvgIpc) is 3.14. The second-order valence-corrected chi connectivity index (χ2v) is 7.01. The topological polar surface area (TPSA) is 15.3 Å². The highest BCUT2D eigenvalue weighted by Crippen LogP contribution is 2.42. The normalized spacial score (nSPS) is 36.0. The number of benzene rings is 1. The second kappa shape index (κ2) is 5.50. The van der Waals surface area contributed by atoms with Crippen LogP contribution in [0.1, 0.15) is 49.8 Å². The Kier molecular flexibility index (Phi) is 3.87. The zero-order valence-corrected chi connectivity index (χ0v) is 13.3. The van der Waals surface area contributed by atoms with E-state index in [1.54, 1.807) is 0 Å². The molecule has 1 aromatic rings. The first-order valence-electron chi connectivity index (χ1n) is 8.08. The minimum Gasteiger partial charge on any atom is -0.312 e. The molecule has 2 nitrogen and oxygen atoms in total. The van der Waals surface area contributed by atoms with Crippen LogP contribution in [-0.4, -0.2) is 31.6 Å². The van der Waals surface area contributed by atoms with E-state index >= 15 is 0 Å². The van der Waals surface area contributed by atoms with Gasteiger partial charge in [-0.3, -0.25) is 0 Å². The van der Waals surface area contributed by atoms with Gasteiger partial charge in [0, 0.05) is 18.6 Å². The van der Waals surface area contributed by atoms with Gasteiger partial charge >= 0.3 is 0 Å². The molecule has 0 aromatic heterocycles. The molecule has 0 saturated heterocycles. The number of hydrogen-bond acceptors (Lipinski definition) is 2. The van der Waals surface area contributed by atoms with Crippen LogP contribution in [0.5, 0.6) is 0 Å². The van der Waals surface area contributed by atoms with E-state index in [-0.39, 0.29) is 0 Å². The summed E-state index contributed by atoms with van der Waals surface area (Å²) in [4.78, 5) is 2.61. The summed E-state index contributed by atoms with van der Waals surface area (Å²) >= 11 is 0.